The Bertz CT molecular complexity index is 652. The third-order valence-corrected chi connectivity index (χ3v) is 3.83. The van der Waals surface area contributed by atoms with E-state index in [2.05, 4.69) is 17.2 Å². The van der Waals surface area contributed by atoms with Crippen LogP contribution in [0.15, 0.2) is 12.3 Å². The lowest BCUT2D eigenvalue weighted by Gasteiger charge is -2.06. The van der Waals surface area contributed by atoms with Gasteiger partial charge < -0.3 is 5.32 Å². The van der Waals surface area contributed by atoms with Crippen LogP contribution >= 0.6 is 23.2 Å². The van der Waals surface area contributed by atoms with Gasteiger partial charge in [-0.3, -0.25) is 9.20 Å². The minimum Gasteiger partial charge on any atom is -0.351 e. The van der Waals surface area contributed by atoms with E-state index in [0.717, 1.165) is 12.8 Å². The second kappa shape index (κ2) is 7.14. The summed E-state index contributed by atoms with van der Waals surface area (Å²) < 4.78 is 1.65. The van der Waals surface area contributed by atoms with Gasteiger partial charge in [0.25, 0.3) is 5.91 Å². The van der Waals surface area contributed by atoms with Gasteiger partial charge in [-0.25, -0.2) is 4.98 Å². The van der Waals surface area contributed by atoms with Crippen LogP contribution in [-0.4, -0.2) is 21.8 Å². The number of rotatable bonds is 6. The molecular formula is C15H19Cl2N3O. The highest BCUT2D eigenvalue weighted by atomic mass is 35.5. The molecular weight excluding hydrogens is 309 g/mol. The van der Waals surface area contributed by atoms with E-state index in [1.807, 2.05) is 0 Å². The molecule has 0 aromatic carbocycles. The fourth-order valence-corrected chi connectivity index (χ4v) is 2.81. The maximum atomic E-state index is 12.3. The lowest BCUT2D eigenvalue weighted by molar-refractivity contribution is 0.0946. The number of imidazole rings is 1. The molecule has 2 aromatic rings. The Morgan fingerprint density at radius 1 is 1.33 bits per heavy atom. The van der Waals surface area contributed by atoms with Gasteiger partial charge >= 0.3 is 0 Å². The number of aryl methyl sites for hydroxylation is 1. The standard InChI is InChI=1S/C15H19Cl2N3O/c1-3-4-5-6-7-18-15(21)13-10(2)19-14-12(17)8-11(16)9-20(13)14/h8-9H,3-7H2,1-2H3,(H,18,21). The maximum absolute atomic E-state index is 12.3. The second-order valence-electron chi connectivity index (χ2n) is 5.06. The van der Waals surface area contributed by atoms with E-state index in [4.69, 9.17) is 23.2 Å². The van der Waals surface area contributed by atoms with Crippen LogP contribution in [0, 0.1) is 6.92 Å². The van der Waals surface area contributed by atoms with Crippen molar-refractivity contribution in [2.24, 2.45) is 0 Å². The first kappa shape index (κ1) is 16.1. The minimum absolute atomic E-state index is 0.144. The molecule has 6 heteroatoms. The number of carbonyl (C=O) groups excluding carboxylic acids is 1. The molecule has 1 N–H and O–H groups in total. The van der Waals surface area contributed by atoms with Gasteiger partial charge in [0, 0.05) is 12.7 Å². The Morgan fingerprint density at radius 2 is 2.10 bits per heavy atom. The van der Waals surface area contributed by atoms with Crippen molar-refractivity contribution in [2.75, 3.05) is 6.54 Å². The van der Waals surface area contributed by atoms with E-state index >= 15 is 0 Å². The summed E-state index contributed by atoms with van der Waals surface area (Å²) in [5.41, 5.74) is 1.69. The van der Waals surface area contributed by atoms with Crippen LogP contribution in [0.5, 0.6) is 0 Å². The number of hydrogen-bond donors (Lipinski definition) is 1. The fourth-order valence-electron chi connectivity index (χ4n) is 2.30. The molecule has 0 aliphatic rings. The molecule has 21 heavy (non-hydrogen) atoms. The molecule has 0 unspecified atom stereocenters. The molecule has 0 aliphatic heterocycles. The molecule has 1 amide bonds. The normalized spacial score (nSPS) is 11.0. The van der Waals surface area contributed by atoms with E-state index in [-0.39, 0.29) is 5.91 Å². The first-order chi connectivity index (χ1) is 10.0. The van der Waals surface area contributed by atoms with Gasteiger partial charge in [0.15, 0.2) is 5.65 Å². The van der Waals surface area contributed by atoms with E-state index in [1.165, 1.54) is 12.8 Å². The summed E-state index contributed by atoms with van der Waals surface area (Å²) in [5.74, 6) is -0.144. The van der Waals surface area contributed by atoms with Crippen LogP contribution < -0.4 is 5.32 Å². The number of nitrogens with zero attached hydrogens (tertiary/aromatic N) is 2. The Labute approximate surface area is 134 Å². The predicted octanol–water partition coefficient (Wildman–Crippen LogP) is 4.26. The topological polar surface area (TPSA) is 46.4 Å². The minimum atomic E-state index is -0.144. The van der Waals surface area contributed by atoms with Crippen molar-refractivity contribution < 1.29 is 4.79 Å². The van der Waals surface area contributed by atoms with E-state index in [1.54, 1.807) is 23.6 Å². The van der Waals surface area contributed by atoms with Gasteiger partial charge in [0.2, 0.25) is 0 Å². The van der Waals surface area contributed by atoms with E-state index in [0.29, 0.717) is 33.6 Å². The maximum Gasteiger partial charge on any atom is 0.270 e. The lowest BCUT2D eigenvalue weighted by Crippen LogP contribution is -2.26. The summed E-state index contributed by atoms with van der Waals surface area (Å²) in [6.45, 7) is 4.62. The van der Waals surface area contributed by atoms with E-state index in [9.17, 15) is 4.79 Å². The van der Waals surface area contributed by atoms with Crippen LogP contribution in [0.3, 0.4) is 0 Å². The molecule has 2 aromatic heterocycles. The van der Waals surface area contributed by atoms with Crippen LogP contribution in [0.4, 0.5) is 0 Å². The first-order valence-corrected chi connectivity index (χ1v) is 7.92. The van der Waals surface area contributed by atoms with Crippen molar-refractivity contribution in [3.8, 4) is 0 Å². The predicted molar refractivity (Wildman–Crippen MR) is 86.4 cm³/mol. The van der Waals surface area contributed by atoms with Crippen LogP contribution in [0.25, 0.3) is 5.65 Å². The molecule has 0 fully saturated rings. The smallest absolute Gasteiger partial charge is 0.270 e. The molecule has 0 aliphatic carbocycles. The summed E-state index contributed by atoms with van der Waals surface area (Å²) in [6, 6.07) is 1.62. The fraction of sp³-hybridized carbons (Fsp3) is 0.467. The molecule has 0 saturated carbocycles. The van der Waals surface area contributed by atoms with Crippen molar-refractivity contribution in [1.29, 1.82) is 0 Å². The summed E-state index contributed by atoms with van der Waals surface area (Å²) in [7, 11) is 0. The Balaban J connectivity index is 2.17. The van der Waals surface area contributed by atoms with Gasteiger partial charge in [0.05, 0.1) is 15.7 Å². The molecule has 114 valence electrons. The van der Waals surface area contributed by atoms with Crippen molar-refractivity contribution >= 4 is 34.8 Å². The highest BCUT2D eigenvalue weighted by Crippen LogP contribution is 2.24. The third kappa shape index (κ3) is 3.69. The molecule has 2 heterocycles. The molecule has 0 saturated heterocycles. The zero-order valence-corrected chi connectivity index (χ0v) is 13.8. The summed E-state index contributed by atoms with van der Waals surface area (Å²) in [6.07, 6.45) is 6.14. The number of nitrogens with one attached hydrogen (secondary N) is 1. The van der Waals surface area contributed by atoms with Gasteiger partial charge in [-0.1, -0.05) is 49.4 Å². The second-order valence-corrected chi connectivity index (χ2v) is 5.91. The Hall–Kier alpha value is -1.26. The van der Waals surface area contributed by atoms with Gasteiger partial charge in [-0.2, -0.15) is 0 Å². The number of amides is 1. The van der Waals surface area contributed by atoms with Crippen LogP contribution in [0.2, 0.25) is 10.0 Å². The number of hydrogen-bond acceptors (Lipinski definition) is 2. The van der Waals surface area contributed by atoms with Crippen molar-refractivity contribution in [2.45, 2.75) is 39.5 Å². The van der Waals surface area contributed by atoms with Crippen LogP contribution in [-0.2, 0) is 0 Å². The van der Waals surface area contributed by atoms with Crippen molar-refractivity contribution in [1.82, 2.24) is 14.7 Å². The van der Waals surface area contributed by atoms with Gasteiger partial charge in [-0.15, -0.1) is 0 Å². The summed E-state index contributed by atoms with van der Waals surface area (Å²) >= 11 is 12.1. The molecule has 0 bridgehead atoms. The van der Waals surface area contributed by atoms with Gasteiger partial charge in [-0.05, 0) is 19.4 Å². The number of unbranched alkanes of at least 4 members (excludes halogenated alkanes) is 3. The molecule has 4 nitrogen and oxygen atoms in total. The summed E-state index contributed by atoms with van der Waals surface area (Å²) in [5, 5.41) is 3.84. The lowest BCUT2D eigenvalue weighted by atomic mass is 10.2. The number of pyridine rings is 1. The monoisotopic (exact) mass is 327 g/mol. The highest BCUT2D eigenvalue weighted by Gasteiger charge is 2.18. The van der Waals surface area contributed by atoms with Crippen molar-refractivity contribution in [3.05, 3.63) is 33.7 Å². The zero-order valence-electron chi connectivity index (χ0n) is 12.2. The van der Waals surface area contributed by atoms with Crippen LogP contribution in [0.1, 0.15) is 48.8 Å². The SMILES string of the molecule is CCCCCCNC(=O)c1c(C)nc2c(Cl)cc(Cl)cn12. The molecule has 0 spiro atoms. The Kier molecular flexibility index (Phi) is 5.48. The number of carbonyl (C=O) groups is 1. The number of aromatic nitrogens is 2. The number of halogens is 2. The third-order valence-electron chi connectivity index (χ3n) is 3.35. The van der Waals surface area contributed by atoms with E-state index < -0.39 is 0 Å². The average Bonchev–Trinajstić information content (AvgIpc) is 2.75. The average molecular weight is 328 g/mol. The molecule has 2 rings (SSSR count). The zero-order chi connectivity index (χ0) is 15.4. The number of fused-ring (bicyclic) bond motifs is 1. The Morgan fingerprint density at radius 3 is 2.81 bits per heavy atom. The van der Waals surface area contributed by atoms with Crippen molar-refractivity contribution in [3.63, 3.8) is 0 Å². The largest absolute Gasteiger partial charge is 0.351 e. The molecule has 0 atom stereocenters. The summed E-state index contributed by atoms with van der Waals surface area (Å²) in [4.78, 5) is 16.7. The van der Waals surface area contributed by atoms with Gasteiger partial charge in [0.1, 0.15) is 5.69 Å². The quantitative estimate of drug-likeness (QED) is 0.806. The highest BCUT2D eigenvalue weighted by molar-refractivity contribution is 6.36. The first-order valence-electron chi connectivity index (χ1n) is 7.16. The molecule has 0 radical (unpaired) electrons.